The van der Waals surface area contributed by atoms with Crippen molar-refractivity contribution < 1.29 is 19.3 Å². The van der Waals surface area contributed by atoms with Crippen molar-refractivity contribution in [3.63, 3.8) is 0 Å². The molecule has 9 nitrogen and oxygen atoms in total. The summed E-state index contributed by atoms with van der Waals surface area (Å²) in [5, 5.41) is 10.7. The van der Waals surface area contributed by atoms with E-state index in [4.69, 9.17) is 30.8 Å². The molecule has 2 aliphatic rings. The van der Waals surface area contributed by atoms with E-state index in [-0.39, 0.29) is 25.4 Å². The Morgan fingerprint density at radius 2 is 1.97 bits per heavy atom. The summed E-state index contributed by atoms with van der Waals surface area (Å²) >= 11 is 6.74. The molecule has 0 bridgehead atoms. The molecule has 4 aromatic rings. The topological polar surface area (TPSA) is 104 Å². The lowest BCUT2D eigenvalue weighted by molar-refractivity contribution is -0.192. The van der Waals surface area contributed by atoms with Crippen LogP contribution in [0.3, 0.4) is 0 Å². The number of aliphatic hydroxyl groups is 1. The van der Waals surface area contributed by atoms with E-state index in [9.17, 15) is 5.11 Å². The van der Waals surface area contributed by atoms with Gasteiger partial charge in [0.05, 0.1) is 30.5 Å². The van der Waals surface area contributed by atoms with Gasteiger partial charge in [0.15, 0.2) is 11.2 Å². The zero-order valence-electron chi connectivity index (χ0n) is 20.1. The summed E-state index contributed by atoms with van der Waals surface area (Å²) in [6.07, 6.45) is 5.26. The van der Waals surface area contributed by atoms with Crippen LogP contribution in [0.2, 0.25) is 5.02 Å². The normalized spacial score (nSPS) is 17.6. The minimum atomic E-state index is -0.951. The summed E-state index contributed by atoms with van der Waals surface area (Å²) in [5.74, 6) is 1.64. The lowest BCUT2D eigenvalue weighted by Gasteiger charge is -2.35. The smallest absolute Gasteiger partial charge is 0.245 e. The Hall–Kier alpha value is -3.27. The van der Waals surface area contributed by atoms with Gasteiger partial charge in [-0.05, 0) is 62.6 Å². The number of rotatable bonds is 8. The maximum absolute atomic E-state index is 10.2. The molecule has 1 saturated carbocycles. The summed E-state index contributed by atoms with van der Waals surface area (Å²) in [6.45, 7) is 5.21. The fourth-order valence-electron chi connectivity index (χ4n) is 4.11. The number of nitrogens with zero attached hydrogens (tertiary/aromatic N) is 5. The maximum Gasteiger partial charge on any atom is 0.245 e. The van der Waals surface area contributed by atoms with Crippen molar-refractivity contribution in [3.8, 4) is 23.0 Å². The van der Waals surface area contributed by atoms with Gasteiger partial charge in [-0.1, -0.05) is 11.6 Å². The Morgan fingerprint density at radius 1 is 1.14 bits per heavy atom. The number of fused-ring (bicyclic) bond motifs is 1. The highest BCUT2D eigenvalue weighted by Gasteiger charge is 2.41. The van der Waals surface area contributed by atoms with Crippen LogP contribution in [0.4, 0.5) is 0 Å². The first kappa shape index (κ1) is 23.1. The molecular formula is C26H26ClN5O4. The minimum Gasteiger partial charge on any atom is -0.490 e. The van der Waals surface area contributed by atoms with Gasteiger partial charge in [0.1, 0.15) is 35.7 Å². The number of ether oxygens (including phenoxy) is 3. The van der Waals surface area contributed by atoms with Crippen molar-refractivity contribution in [2.45, 2.75) is 44.4 Å². The number of hydrogen-bond donors (Lipinski definition) is 1. The first-order valence-electron chi connectivity index (χ1n) is 11.9. The molecule has 1 aliphatic carbocycles. The van der Waals surface area contributed by atoms with Gasteiger partial charge in [-0.3, -0.25) is 4.98 Å². The standard InChI is InChI=1S/C26H26ClN5O4/c1-16-5-8-28-17(9-16)11-32-22(31-21-23(32)29-15-30-24(21)36-25(2)6-7-25)19-4-3-18(10-20(19)27)35-14-26(33)12-34-13-26/h3-5,8-10,15,33H,6-7,11-14H2,1-2H3. The number of imidazole rings is 1. The molecule has 4 heterocycles. The number of aryl methyl sites for hydroxylation is 1. The van der Waals surface area contributed by atoms with Gasteiger partial charge in [-0.15, -0.1) is 0 Å². The monoisotopic (exact) mass is 507 g/mol. The molecule has 0 spiro atoms. The lowest BCUT2D eigenvalue weighted by Crippen LogP contribution is -2.53. The van der Waals surface area contributed by atoms with E-state index in [1.807, 2.05) is 35.8 Å². The third kappa shape index (κ3) is 4.50. The van der Waals surface area contributed by atoms with E-state index in [0.717, 1.165) is 24.1 Å². The lowest BCUT2D eigenvalue weighted by atomic mass is 10.0. The van der Waals surface area contributed by atoms with Crippen molar-refractivity contribution >= 4 is 22.8 Å². The maximum atomic E-state index is 10.2. The molecule has 3 aromatic heterocycles. The molecular weight excluding hydrogens is 482 g/mol. The summed E-state index contributed by atoms with van der Waals surface area (Å²) in [6, 6.07) is 9.39. The van der Waals surface area contributed by atoms with Crippen LogP contribution < -0.4 is 9.47 Å². The second kappa shape index (κ2) is 8.69. The van der Waals surface area contributed by atoms with Crippen LogP contribution in [0.1, 0.15) is 31.0 Å². The number of hydrogen-bond acceptors (Lipinski definition) is 8. The van der Waals surface area contributed by atoms with Crippen molar-refractivity contribution in [2.24, 2.45) is 0 Å². The molecule has 1 saturated heterocycles. The van der Waals surface area contributed by atoms with Gasteiger partial charge in [0, 0.05) is 11.8 Å². The van der Waals surface area contributed by atoms with Crippen molar-refractivity contribution in [2.75, 3.05) is 19.8 Å². The predicted molar refractivity (Wildman–Crippen MR) is 133 cm³/mol. The summed E-state index contributed by atoms with van der Waals surface area (Å²) < 4.78 is 19.0. The molecule has 0 atom stereocenters. The van der Waals surface area contributed by atoms with E-state index in [1.165, 1.54) is 6.33 Å². The molecule has 10 heteroatoms. The SMILES string of the molecule is Cc1ccnc(Cn2c(-c3ccc(OCC4(O)COC4)cc3Cl)nc3c(OC4(C)CC4)ncnc32)c1. The highest BCUT2D eigenvalue weighted by atomic mass is 35.5. The third-order valence-corrected chi connectivity index (χ3v) is 6.83. The molecule has 1 aromatic carbocycles. The minimum absolute atomic E-state index is 0.134. The largest absolute Gasteiger partial charge is 0.490 e. The summed E-state index contributed by atoms with van der Waals surface area (Å²) in [7, 11) is 0. The van der Waals surface area contributed by atoms with Gasteiger partial charge < -0.3 is 23.9 Å². The zero-order chi connectivity index (χ0) is 24.9. The molecule has 1 aliphatic heterocycles. The molecule has 0 amide bonds. The Labute approximate surface area is 213 Å². The van der Waals surface area contributed by atoms with Crippen molar-refractivity contribution in [1.82, 2.24) is 24.5 Å². The van der Waals surface area contributed by atoms with Crippen LogP contribution >= 0.6 is 11.6 Å². The molecule has 36 heavy (non-hydrogen) atoms. The fourth-order valence-corrected chi connectivity index (χ4v) is 4.37. The van der Waals surface area contributed by atoms with Crippen LogP contribution in [0.25, 0.3) is 22.6 Å². The van der Waals surface area contributed by atoms with Crippen molar-refractivity contribution in [3.05, 3.63) is 59.1 Å². The van der Waals surface area contributed by atoms with Gasteiger partial charge in [0.25, 0.3) is 0 Å². The first-order valence-corrected chi connectivity index (χ1v) is 12.2. The van der Waals surface area contributed by atoms with E-state index in [0.29, 0.717) is 45.7 Å². The van der Waals surface area contributed by atoms with Crippen LogP contribution in [0.5, 0.6) is 11.6 Å². The molecule has 2 fully saturated rings. The van der Waals surface area contributed by atoms with E-state index in [2.05, 4.69) is 21.9 Å². The number of benzene rings is 1. The molecule has 186 valence electrons. The van der Waals surface area contributed by atoms with Gasteiger partial charge in [-0.25, -0.2) is 9.97 Å². The average Bonchev–Trinajstić information content (AvgIpc) is 3.45. The highest BCUT2D eigenvalue weighted by Crippen LogP contribution is 2.41. The molecule has 0 radical (unpaired) electrons. The zero-order valence-corrected chi connectivity index (χ0v) is 20.8. The predicted octanol–water partition coefficient (Wildman–Crippen LogP) is 3.97. The average molecular weight is 508 g/mol. The summed E-state index contributed by atoms with van der Waals surface area (Å²) in [4.78, 5) is 18.4. The number of aromatic nitrogens is 5. The molecule has 1 N–H and O–H groups in total. The van der Waals surface area contributed by atoms with Crippen LogP contribution in [-0.2, 0) is 11.3 Å². The van der Waals surface area contributed by atoms with E-state index in [1.54, 1.807) is 12.3 Å². The van der Waals surface area contributed by atoms with Crippen molar-refractivity contribution in [1.29, 1.82) is 0 Å². The Bertz CT molecular complexity index is 1450. The van der Waals surface area contributed by atoms with Crippen LogP contribution in [0, 0.1) is 6.92 Å². The summed E-state index contributed by atoms with van der Waals surface area (Å²) in [5.41, 5.74) is 2.76. The van der Waals surface area contributed by atoms with Gasteiger partial charge >= 0.3 is 0 Å². The molecule has 0 unspecified atom stereocenters. The highest BCUT2D eigenvalue weighted by molar-refractivity contribution is 6.33. The first-order chi connectivity index (χ1) is 17.3. The second-order valence-electron chi connectivity index (χ2n) is 9.90. The van der Waals surface area contributed by atoms with Crippen LogP contribution in [0.15, 0.2) is 42.9 Å². The third-order valence-electron chi connectivity index (χ3n) is 6.52. The second-order valence-corrected chi connectivity index (χ2v) is 10.3. The van der Waals surface area contributed by atoms with Gasteiger partial charge in [-0.2, -0.15) is 4.98 Å². The number of halogens is 1. The fraction of sp³-hybridized carbons (Fsp3) is 0.385. The number of pyridine rings is 1. The Morgan fingerprint density at radius 3 is 2.67 bits per heavy atom. The Balaban J connectivity index is 1.40. The van der Waals surface area contributed by atoms with E-state index >= 15 is 0 Å². The Kier molecular flexibility index (Phi) is 5.59. The quantitative estimate of drug-likeness (QED) is 0.382. The van der Waals surface area contributed by atoms with Gasteiger partial charge in [0.2, 0.25) is 5.88 Å². The molecule has 6 rings (SSSR count). The van der Waals surface area contributed by atoms with E-state index < -0.39 is 5.60 Å². The van der Waals surface area contributed by atoms with Crippen LogP contribution in [-0.4, -0.2) is 60.6 Å².